The van der Waals surface area contributed by atoms with Crippen LogP contribution < -0.4 is 9.64 Å². The molecule has 1 heterocycles. The van der Waals surface area contributed by atoms with Gasteiger partial charge in [0.15, 0.2) is 5.60 Å². The van der Waals surface area contributed by atoms with E-state index in [1.54, 1.807) is 17.0 Å². The second-order valence-corrected chi connectivity index (χ2v) is 9.75. The smallest absolute Gasteiger partial charge is 0.264 e. The summed E-state index contributed by atoms with van der Waals surface area (Å²) < 4.78 is 6.58. The van der Waals surface area contributed by atoms with Crippen LogP contribution in [0.15, 0.2) is 46.9 Å². The number of ether oxygens (including phenoxy) is 1. The number of hydrogen-bond acceptors (Lipinski definition) is 4. The maximum Gasteiger partial charge on any atom is 0.264 e. The molecule has 0 saturated heterocycles. The van der Waals surface area contributed by atoms with E-state index in [-0.39, 0.29) is 17.6 Å². The van der Waals surface area contributed by atoms with Gasteiger partial charge in [0.2, 0.25) is 0 Å². The first-order valence-corrected chi connectivity index (χ1v) is 10.9. The van der Waals surface area contributed by atoms with Gasteiger partial charge in [0.25, 0.3) is 5.91 Å². The molecule has 1 atom stereocenters. The zero-order chi connectivity index (χ0) is 22.1. The lowest BCUT2D eigenvalue weighted by Gasteiger charge is -2.22. The summed E-state index contributed by atoms with van der Waals surface area (Å²) >= 11 is 3.38. The Morgan fingerprint density at radius 3 is 2.43 bits per heavy atom. The van der Waals surface area contributed by atoms with Crippen LogP contribution in [0.25, 0.3) is 0 Å². The van der Waals surface area contributed by atoms with Crippen molar-refractivity contribution >= 4 is 33.3 Å². The van der Waals surface area contributed by atoms with E-state index < -0.39 is 11.5 Å². The fourth-order valence-electron chi connectivity index (χ4n) is 3.74. The number of anilines is 1. The van der Waals surface area contributed by atoms with Crippen LogP contribution in [0.3, 0.4) is 0 Å². The van der Waals surface area contributed by atoms with Crippen LogP contribution in [0, 0.1) is 0 Å². The van der Waals surface area contributed by atoms with Crippen molar-refractivity contribution in [3.05, 3.63) is 58.1 Å². The van der Waals surface area contributed by atoms with E-state index in [9.17, 15) is 14.7 Å². The number of amides is 1. The maximum absolute atomic E-state index is 13.0. The van der Waals surface area contributed by atoms with Gasteiger partial charge in [-0.25, -0.2) is 0 Å². The Bertz CT molecular complexity index is 949. The number of carbonyl (C=O) groups is 2. The van der Waals surface area contributed by atoms with Crippen molar-refractivity contribution in [1.82, 2.24) is 0 Å². The second kappa shape index (κ2) is 8.52. The van der Waals surface area contributed by atoms with E-state index in [1.165, 1.54) is 12.5 Å². The van der Waals surface area contributed by atoms with Crippen LogP contribution in [-0.4, -0.2) is 29.9 Å². The normalized spacial score (nSPS) is 18.5. The highest BCUT2D eigenvalue weighted by molar-refractivity contribution is 9.10. The SMILES string of the molecule is CC(=O)CC1(O)C(=O)N(CCCOc2ccc(C(C)(C)C)cc2)c2ccc(Br)cc21. The van der Waals surface area contributed by atoms with E-state index in [0.717, 1.165) is 10.2 Å². The van der Waals surface area contributed by atoms with Crippen molar-refractivity contribution < 1.29 is 19.4 Å². The van der Waals surface area contributed by atoms with Crippen molar-refractivity contribution in [2.45, 2.75) is 51.6 Å². The van der Waals surface area contributed by atoms with Crippen molar-refractivity contribution in [1.29, 1.82) is 0 Å². The monoisotopic (exact) mass is 473 g/mol. The van der Waals surface area contributed by atoms with Gasteiger partial charge >= 0.3 is 0 Å². The number of halogens is 1. The number of nitrogens with zero attached hydrogens (tertiary/aromatic N) is 1. The van der Waals surface area contributed by atoms with E-state index in [0.29, 0.717) is 30.8 Å². The van der Waals surface area contributed by atoms with Crippen LogP contribution in [0.4, 0.5) is 5.69 Å². The summed E-state index contributed by atoms with van der Waals surface area (Å²) in [7, 11) is 0. The summed E-state index contributed by atoms with van der Waals surface area (Å²) in [6.07, 6.45) is 0.362. The van der Waals surface area contributed by atoms with Crippen LogP contribution in [0.2, 0.25) is 0 Å². The molecule has 5 nitrogen and oxygen atoms in total. The first kappa shape index (κ1) is 22.5. The van der Waals surface area contributed by atoms with Crippen molar-refractivity contribution in [3.8, 4) is 5.75 Å². The maximum atomic E-state index is 13.0. The Morgan fingerprint density at radius 1 is 1.17 bits per heavy atom. The fraction of sp³-hybridized carbons (Fsp3) is 0.417. The molecule has 1 aliphatic rings. The summed E-state index contributed by atoms with van der Waals surface area (Å²) in [4.78, 5) is 26.2. The Hall–Kier alpha value is -2.18. The Morgan fingerprint density at radius 2 is 1.83 bits per heavy atom. The summed E-state index contributed by atoms with van der Waals surface area (Å²) in [5.74, 6) is 0.0918. The lowest BCUT2D eigenvalue weighted by Crippen LogP contribution is -2.42. The molecule has 30 heavy (non-hydrogen) atoms. The summed E-state index contributed by atoms with van der Waals surface area (Å²) in [5, 5.41) is 11.0. The first-order valence-electron chi connectivity index (χ1n) is 10.1. The first-order chi connectivity index (χ1) is 14.0. The topological polar surface area (TPSA) is 66.8 Å². The third kappa shape index (κ3) is 4.60. The average Bonchev–Trinajstić information content (AvgIpc) is 2.85. The molecule has 0 aromatic heterocycles. The van der Waals surface area contributed by atoms with Crippen molar-refractivity contribution in [3.63, 3.8) is 0 Å². The molecule has 0 bridgehead atoms. The second-order valence-electron chi connectivity index (χ2n) is 8.83. The van der Waals surface area contributed by atoms with E-state index >= 15 is 0 Å². The lowest BCUT2D eigenvalue weighted by molar-refractivity contribution is -0.141. The highest BCUT2D eigenvalue weighted by Crippen LogP contribution is 2.43. The van der Waals surface area contributed by atoms with Crippen molar-refractivity contribution in [2.75, 3.05) is 18.1 Å². The third-order valence-electron chi connectivity index (χ3n) is 5.31. The molecule has 1 N–H and O–H groups in total. The Labute approximate surface area is 186 Å². The predicted molar refractivity (Wildman–Crippen MR) is 121 cm³/mol. The minimum Gasteiger partial charge on any atom is -0.494 e. The number of ketones is 1. The number of rotatable bonds is 7. The van der Waals surface area contributed by atoms with Crippen LogP contribution >= 0.6 is 15.9 Å². The number of carbonyl (C=O) groups excluding carboxylic acids is 2. The molecule has 3 rings (SSSR count). The average molecular weight is 474 g/mol. The molecule has 160 valence electrons. The highest BCUT2D eigenvalue weighted by atomic mass is 79.9. The predicted octanol–water partition coefficient (Wildman–Crippen LogP) is 4.73. The highest BCUT2D eigenvalue weighted by Gasteiger charge is 2.50. The van der Waals surface area contributed by atoms with Gasteiger partial charge in [-0.15, -0.1) is 0 Å². The fourth-order valence-corrected chi connectivity index (χ4v) is 4.10. The van der Waals surface area contributed by atoms with Gasteiger partial charge in [-0.3, -0.25) is 9.59 Å². The summed E-state index contributed by atoms with van der Waals surface area (Å²) in [6.45, 7) is 8.71. The zero-order valence-electron chi connectivity index (χ0n) is 17.9. The number of benzene rings is 2. The third-order valence-corrected chi connectivity index (χ3v) is 5.81. The van der Waals surface area contributed by atoms with Gasteiger partial charge in [-0.2, -0.15) is 0 Å². The molecule has 2 aromatic carbocycles. The van der Waals surface area contributed by atoms with Gasteiger partial charge in [0.05, 0.1) is 12.3 Å². The van der Waals surface area contributed by atoms with Crippen LogP contribution in [-0.2, 0) is 20.6 Å². The van der Waals surface area contributed by atoms with Crippen LogP contribution in [0.5, 0.6) is 5.75 Å². The molecule has 0 saturated carbocycles. The minimum absolute atomic E-state index is 0.0910. The molecule has 1 unspecified atom stereocenters. The van der Waals surface area contributed by atoms with E-state index in [1.807, 2.05) is 18.2 Å². The number of Topliss-reactive ketones (excluding diaryl/α,β-unsaturated/α-hetero) is 1. The lowest BCUT2D eigenvalue weighted by atomic mass is 9.87. The van der Waals surface area contributed by atoms with E-state index in [4.69, 9.17) is 4.74 Å². The molecule has 0 aliphatic carbocycles. The van der Waals surface area contributed by atoms with Gasteiger partial charge in [0, 0.05) is 23.0 Å². The van der Waals surface area contributed by atoms with Gasteiger partial charge < -0.3 is 14.7 Å². The van der Waals surface area contributed by atoms with Gasteiger partial charge in [-0.1, -0.05) is 48.8 Å². The molecular weight excluding hydrogens is 446 g/mol. The Kier molecular flexibility index (Phi) is 6.39. The zero-order valence-corrected chi connectivity index (χ0v) is 19.5. The van der Waals surface area contributed by atoms with E-state index in [2.05, 4.69) is 48.8 Å². The number of hydrogen-bond donors (Lipinski definition) is 1. The molecule has 2 aromatic rings. The van der Waals surface area contributed by atoms with Crippen molar-refractivity contribution in [2.24, 2.45) is 0 Å². The van der Waals surface area contributed by atoms with Crippen LogP contribution in [0.1, 0.15) is 51.7 Å². The molecule has 6 heteroatoms. The Balaban J connectivity index is 1.66. The minimum atomic E-state index is -1.81. The molecule has 1 amide bonds. The molecular formula is C24H28BrNO4. The summed E-state index contributed by atoms with van der Waals surface area (Å²) in [6, 6.07) is 13.4. The quantitative estimate of drug-likeness (QED) is 0.590. The van der Waals surface area contributed by atoms with Gasteiger partial charge in [0.1, 0.15) is 11.5 Å². The number of aliphatic hydroxyl groups is 1. The molecule has 0 radical (unpaired) electrons. The number of fused-ring (bicyclic) bond motifs is 1. The molecule has 0 spiro atoms. The van der Waals surface area contributed by atoms with Gasteiger partial charge in [-0.05, 0) is 54.7 Å². The summed E-state index contributed by atoms with van der Waals surface area (Å²) in [5.41, 5.74) is 0.629. The standard InChI is InChI=1S/C24H28BrNO4/c1-16(27)15-24(29)20-14-18(25)8-11-21(20)26(22(24)28)12-5-13-30-19-9-6-17(7-10-19)23(2,3)4/h6-11,14,29H,5,12-13,15H2,1-4H3. The molecule has 0 fully saturated rings. The largest absolute Gasteiger partial charge is 0.494 e. The molecule has 1 aliphatic heterocycles.